The van der Waals surface area contributed by atoms with Crippen molar-refractivity contribution in [2.24, 2.45) is 11.5 Å². The van der Waals surface area contributed by atoms with E-state index >= 15 is 0 Å². The standard InChI is InChI=1S/C12H17N3O2/c13-10(12(17)15-8-11(14)16)7-6-9-4-2-1-3-5-9/h1-5,10H,6-8,13H2,(H2,14,16)(H,15,17)/t10-/m0/s1. The Labute approximate surface area is 100 Å². The highest BCUT2D eigenvalue weighted by atomic mass is 16.2. The predicted octanol–water partition coefficient (Wildman–Crippen LogP) is -0.452. The molecule has 0 saturated heterocycles. The van der Waals surface area contributed by atoms with E-state index in [0.717, 1.165) is 12.0 Å². The summed E-state index contributed by atoms with van der Waals surface area (Å²) in [5.41, 5.74) is 11.7. The van der Waals surface area contributed by atoms with Gasteiger partial charge >= 0.3 is 0 Å². The largest absolute Gasteiger partial charge is 0.368 e. The number of carbonyl (C=O) groups is 2. The van der Waals surface area contributed by atoms with E-state index in [1.807, 2.05) is 30.3 Å². The van der Waals surface area contributed by atoms with Crippen molar-refractivity contribution in [1.29, 1.82) is 0 Å². The molecule has 17 heavy (non-hydrogen) atoms. The number of carbonyl (C=O) groups excluding carboxylic acids is 2. The van der Waals surface area contributed by atoms with Gasteiger partial charge in [-0.3, -0.25) is 9.59 Å². The monoisotopic (exact) mass is 235 g/mol. The molecule has 0 heterocycles. The molecule has 0 spiro atoms. The molecule has 1 aromatic carbocycles. The molecule has 0 aliphatic heterocycles. The van der Waals surface area contributed by atoms with E-state index in [-0.39, 0.29) is 12.5 Å². The molecular formula is C12H17N3O2. The molecule has 92 valence electrons. The molecule has 5 N–H and O–H groups in total. The van der Waals surface area contributed by atoms with Crippen molar-refractivity contribution in [1.82, 2.24) is 5.32 Å². The highest BCUT2D eigenvalue weighted by Crippen LogP contribution is 2.03. The molecule has 0 bridgehead atoms. The van der Waals surface area contributed by atoms with Gasteiger partial charge in [-0.15, -0.1) is 0 Å². The van der Waals surface area contributed by atoms with Crippen LogP contribution in [0.5, 0.6) is 0 Å². The third kappa shape index (κ3) is 5.12. The Balaban J connectivity index is 2.31. The number of aryl methyl sites for hydroxylation is 1. The quantitative estimate of drug-likeness (QED) is 0.622. The zero-order valence-electron chi connectivity index (χ0n) is 9.56. The van der Waals surface area contributed by atoms with E-state index in [1.54, 1.807) is 0 Å². The van der Waals surface area contributed by atoms with E-state index in [2.05, 4.69) is 5.32 Å². The fraction of sp³-hybridized carbons (Fsp3) is 0.333. The first-order valence-corrected chi connectivity index (χ1v) is 5.45. The first kappa shape index (κ1) is 13.2. The Morgan fingerprint density at radius 2 is 1.88 bits per heavy atom. The molecule has 0 radical (unpaired) electrons. The van der Waals surface area contributed by atoms with Gasteiger partial charge in [0.05, 0.1) is 12.6 Å². The molecule has 0 aliphatic carbocycles. The van der Waals surface area contributed by atoms with Gasteiger partial charge in [-0.1, -0.05) is 30.3 Å². The summed E-state index contributed by atoms with van der Waals surface area (Å²) in [5.74, 6) is -0.923. The lowest BCUT2D eigenvalue weighted by Gasteiger charge is -2.11. The van der Waals surface area contributed by atoms with Crippen LogP contribution in [0.3, 0.4) is 0 Å². The molecular weight excluding hydrogens is 218 g/mol. The molecule has 1 rings (SSSR count). The Hall–Kier alpha value is -1.88. The minimum absolute atomic E-state index is 0.169. The van der Waals surface area contributed by atoms with Gasteiger partial charge in [0.25, 0.3) is 0 Å². The van der Waals surface area contributed by atoms with Gasteiger partial charge in [-0.2, -0.15) is 0 Å². The normalized spacial score (nSPS) is 11.8. The maximum absolute atomic E-state index is 11.4. The Kier molecular flexibility index (Phi) is 5.16. The van der Waals surface area contributed by atoms with Crippen LogP contribution < -0.4 is 16.8 Å². The number of rotatable bonds is 6. The molecule has 1 aromatic rings. The van der Waals surface area contributed by atoms with Crippen LogP contribution in [-0.2, 0) is 16.0 Å². The molecule has 5 heteroatoms. The van der Waals surface area contributed by atoms with Gasteiger partial charge < -0.3 is 16.8 Å². The summed E-state index contributed by atoms with van der Waals surface area (Å²) in [6, 6.07) is 9.15. The minimum atomic E-state index is -0.616. The second-order valence-electron chi connectivity index (χ2n) is 3.81. The molecule has 0 fully saturated rings. The van der Waals surface area contributed by atoms with E-state index in [0.29, 0.717) is 6.42 Å². The van der Waals surface area contributed by atoms with Crippen molar-refractivity contribution >= 4 is 11.8 Å². The van der Waals surface area contributed by atoms with Crippen molar-refractivity contribution in [3.63, 3.8) is 0 Å². The molecule has 1 atom stereocenters. The lowest BCUT2D eigenvalue weighted by atomic mass is 10.1. The average molecular weight is 235 g/mol. The second kappa shape index (κ2) is 6.65. The number of nitrogens with one attached hydrogen (secondary N) is 1. The maximum Gasteiger partial charge on any atom is 0.237 e. The summed E-state index contributed by atoms with van der Waals surface area (Å²) < 4.78 is 0. The summed E-state index contributed by atoms with van der Waals surface area (Å²) in [5, 5.41) is 2.38. The predicted molar refractivity (Wildman–Crippen MR) is 64.9 cm³/mol. The van der Waals surface area contributed by atoms with Gasteiger partial charge in [0.2, 0.25) is 11.8 Å². The van der Waals surface area contributed by atoms with E-state index < -0.39 is 11.9 Å². The highest BCUT2D eigenvalue weighted by molar-refractivity contribution is 5.86. The van der Waals surface area contributed by atoms with Gasteiger partial charge in [0.1, 0.15) is 0 Å². The van der Waals surface area contributed by atoms with Gasteiger partial charge in [-0.05, 0) is 18.4 Å². The van der Waals surface area contributed by atoms with Crippen LogP contribution in [0.4, 0.5) is 0 Å². The number of benzene rings is 1. The smallest absolute Gasteiger partial charge is 0.237 e. The summed E-state index contributed by atoms with van der Waals surface area (Å²) in [6.07, 6.45) is 1.26. The van der Waals surface area contributed by atoms with E-state index in [1.165, 1.54) is 0 Å². The number of hydrogen-bond donors (Lipinski definition) is 3. The Bertz CT molecular complexity index is 379. The Morgan fingerprint density at radius 1 is 1.24 bits per heavy atom. The summed E-state index contributed by atoms with van der Waals surface area (Å²) in [7, 11) is 0. The van der Waals surface area contributed by atoms with Crippen molar-refractivity contribution in [2.45, 2.75) is 18.9 Å². The third-order valence-corrected chi connectivity index (χ3v) is 2.36. The number of hydrogen-bond acceptors (Lipinski definition) is 3. The molecule has 0 aromatic heterocycles. The minimum Gasteiger partial charge on any atom is -0.368 e. The molecule has 0 unspecified atom stereocenters. The molecule has 2 amide bonds. The van der Waals surface area contributed by atoms with E-state index in [9.17, 15) is 9.59 Å². The van der Waals surface area contributed by atoms with Gasteiger partial charge in [0, 0.05) is 0 Å². The summed E-state index contributed by atoms with van der Waals surface area (Å²) in [4.78, 5) is 21.9. The summed E-state index contributed by atoms with van der Waals surface area (Å²) in [6.45, 7) is -0.169. The van der Waals surface area contributed by atoms with Crippen molar-refractivity contribution in [3.8, 4) is 0 Å². The second-order valence-corrected chi connectivity index (χ2v) is 3.81. The van der Waals surface area contributed by atoms with Crippen LogP contribution in [0.25, 0.3) is 0 Å². The number of nitrogens with two attached hydrogens (primary N) is 2. The maximum atomic E-state index is 11.4. The topological polar surface area (TPSA) is 98.2 Å². The fourth-order valence-corrected chi connectivity index (χ4v) is 1.40. The first-order valence-electron chi connectivity index (χ1n) is 5.45. The van der Waals surface area contributed by atoms with Crippen molar-refractivity contribution in [2.75, 3.05) is 6.54 Å². The third-order valence-electron chi connectivity index (χ3n) is 2.36. The highest BCUT2D eigenvalue weighted by Gasteiger charge is 2.13. The fourth-order valence-electron chi connectivity index (χ4n) is 1.40. The van der Waals surface area contributed by atoms with Crippen LogP contribution in [0.1, 0.15) is 12.0 Å². The summed E-state index contributed by atoms with van der Waals surface area (Å²) >= 11 is 0. The van der Waals surface area contributed by atoms with E-state index in [4.69, 9.17) is 11.5 Å². The van der Waals surface area contributed by atoms with Crippen molar-refractivity contribution in [3.05, 3.63) is 35.9 Å². The van der Waals surface area contributed by atoms with Crippen LogP contribution in [0.15, 0.2) is 30.3 Å². The lowest BCUT2D eigenvalue weighted by Crippen LogP contribution is -2.44. The van der Waals surface area contributed by atoms with Crippen LogP contribution in [-0.4, -0.2) is 24.4 Å². The zero-order chi connectivity index (χ0) is 12.7. The number of amides is 2. The molecule has 0 saturated carbocycles. The van der Waals surface area contributed by atoms with Gasteiger partial charge in [0.15, 0.2) is 0 Å². The van der Waals surface area contributed by atoms with Crippen molar-refractivity contribution < 1.29 is 9.59 Å². The lowest BCUT2D eigenvalue weighted by molar-refractivity contribution is -0.125. The zero-order valence-corrected chi connectivity index (χ0v) is 9.56. The van der Waals surface area contributed by atoms with Crippen LogP contribution >= 0.6 is 0 Å². The SMILES string of the molecule is NC(=O)CNC(=O)[C@@H](N)CCc1ccccc1. The average Bonchev–Trinajstić information content (AvgIpc) is 2.34. The van der Waals surface area contributed by atoms with Crippen LogP contribution in [0.2, 0.25) is 0 Å². The molecule has 5 nitrogen and oxygen atoms in total. The first-order chi connectivity index (χ1) is 8.09. The van der Waals surface area contributed by atoms with Crippen LogP contribution in [0, 0.1) is 0 Å². The van der Waals surface area contributed by atoms with Gasteiger partial charge in [-0.25, -0.2) is 0 Å². The Morgan fingerprint density at radius 3 is 2.47 bits per heavy atom. The number of primary amides is 1. The molecule has 0 aliphatic rings.